The van der Waals surface area contributed by atoms with Crippen molar-refractivity contribution in [3.8, 4) is 10.7 Å². The molecular weight excluding hydrogens is 416 g/mol. The molecule has 2 heterocycles. The fraction of sp³-hybridized carbons (Fsp3) is 0.278. The molecule has 2 aromatic heterocycles. The Morgan fingerprint density at radius 1 is 1.25 bits per heavy atom. The van der Waals surface area contributed by atoms with Crippen molar-refractivity contribution in [2.24, 2.45) is 0 Å². The van der Waals surface area contributed by atoms with E-state index in [2.05, 4.69) is 14.9 Å². The Morgan fingerprint density at radius 3 is 2.54 bits per heavy atom. The lowest BCUT2D eigenvalue weighted by Gasteiger charge is -2.12. The van der Waals surface area contributed by atoms with E-state index >= 15 is 0 Å². The number of thioether (sulfide) groups is 1. The summed E-state index contributed by atoms with van der Waals surface area (Å²) in [5, 5.41) is 10.9. The van der Waals surface area contributed by atoms with Gasteiger partial charge in [0.25, 0.3) is 0 Å². The smallest absolute Gasteiger partial charge is 0.229 e. The molecule has 0 aliphatic carbocycles. The number of anilines is 1. The Labute approximate surface area is 172 Å². The summed E-state index contributed by atoms with van der Waals surface area (Å²) in [6.07, 6.45) is 1.08. The molecule has 0 saturated heterocycles. The molecule has 1 aromatic carbocycles. The van der Waals surface area contributed by atoms with Crippen LogP contribution < -0.4 is 4.72 Å². The molecule has 0 saturated carbocycles. The number of ketones is 1. The second kappa shape index (κ2) is 8.46. The molecule has 3 rings (SSSR count). The number of thiophene rings is 1. The first kappa shape index (κ1) is 20.6. The van der Waals surface area contributed by atoms with Crippen molar-refractivity contribution in [3.05, 3.63) is 47.3 Å². The third kappa shape index (κ3) is 4.81. The average molecular weight is 437 g/mol. The third-order valence-electron chi connectivity index (χ3n) is 3.90. The second-order valence-electron chi connectivity index (χ2n) is 6.10. The minimum absolute atomic E-state index is 0.0563. The molecule has 0 bridgehead atoms. The predicted molar refractivity (Wildman–Crippen MR) is 114 cm³/mol. The van der Waals surface area contributed by atoms with Crippen LogP contribution in [0.15, 0.2) is 46.9 Å². The molecular formula is C18H20N4O3S3. The topological polar surface area (TPSA) is 94.0 Å². The summed E-state index contributed by atoms with van der Waals surface area (Å²) in [7, 11) is -3.35. The van der Waals surface area contributed by atoms with Gasteiger partial charge in [0, 0.05) is 17.8 Å². The highest BCUT2D eigenvalue weighted by atomic mass is 32.2. The van der Waals surface area contributed by atoms with Gasteiger partial charge >= 0.3 is 0 Å². The van der Waals surface area contributed by atoms with Gasteiger partial charge in [-0.1, -0.05) is 17.8 Å². The number of nitrogens with one attached hydrogen (secondary N) is 1. The number of Topliss-reactive ketones (excluding diaryl/α,β-unsaturated/α-hetero) is 1. The van der Waals surface area contributed by atoms with E-state index in [-0.39, 0.29) is 11.0 Å². The van der Waals surface area contributed by atoms with Crippen LogP contribution in [0.3, 0.4) is 0 Å². The van der Waals surface area contributed by atoms with Gasteiger partial charge < -0.3 is 4.57 Å². The maximum Gasteiger partial charge on any atom is 0.229 e. The van der Waals surface area contributed by atoms with E-state index in [1.807, 2.05) is 35.9 Å². The van der Waals surface area contributed by atoms with Crippen LogP contribution in [-0.4, -0.2) is 40.5 Å². The molecule has 0 aliphatic heterocycles. The van der Waals surface area contributed by atoms with Crippen molar-refractivity contribution in [2.45, 2.75) is 30.8 Å². The Morgan fingerprint density at radius 2 is 1.96 bits per heavy atom. The van der Waals surface area contributed by atoms with E-state index in [1.165, 1.54) is 11.8 Å². The van der Waals surface area contributed by atoms with E-state index in [0.717, 1.165) is 17.0 Å². The number of carbonyl (C=O) groups excluding carboxylic acids is 1. The van der Waals surface area contributed by atoms with Crippen LogP contribution in [0.1, 0.15) is 24.2 Å². The van der Waals surface area contributed by atoms with Crippen molar-refractivity contribution >= 4 is 44.6 Å². The lowest BCUT2D eigenvalue weighted by molar-refractivity contribution is 0.0994. The number of hydrogen-bond donors (Lipinski definition) is 1. The molecule has 10 heteroatoms. The van der Waals surface area contributed by atoms with Gasteiger partial charge in [-0.3, -0.25) is 9.52 Å². The summed E-state index contributed by atoms with van der Waals surface area (Å²) in [5.41, 5.74) is 0.936. The van der Waals surface area contributed by atoms with Crippen molar-refractivity contribution in [1.82, 2.24) is 14.8 Å². The zero-order chi connectivity index (χ0) is 20.3. The largest absolute Gasteiger partial charge is 0.302 e. The number of carbonyl (C=O) groups is 1. The van der Waals surface area contributed by atoms with Crippen molar-refractivity contribution in [1.29, 1.82) is 0 Å². The van der Waals surface area contributed by atoms with Crippen molar-refractivity contribution in [3.63, 3.8) is 0 Å². The highest BCUT2D eigenvalue weighted by molar-refractivity contribution is 8.00. The minimum atomic E-state index is -3.35. The Balaban J connectivity index is 1.74. The number of nitrogens with zero attached hydrogens (tertiary/aromatic N) is 3. The van der Waals surface area contributed by atoms with Crippen LogP contribution in [0.5, 0.6) is 0 Å². The summed E-state index contributed by atoms with van der Waals surface area (Å²) in [6, 6.07) is 10.4. The predicted octanol–water partition coefficient (Wildman–Crippen LogP) is 3.76. The Bertz CT molecular complexity index is 1060. The SMILES string of the molecule is CCn1c(S[C@H](C)C(=O)c2ccc(NS(C)(=O)=O)cc2)nnc1-c1cccs1. The fourth-order valence-corrected chi connectivity index (χ4v) is 4.88. The molecule has 0 spiro atoms. The maximum atomic E-state index is 12.8. The van der Waals surface area contributed by atoms with E-state index in [9.17, 15) is 13.2 Å². The molecule has 0 aliphatic rings. The van der Waals surface area contributed by atoms with Crippen LogP contribution in [-0.2, 0) is 16.6 Å². The monoisotopic (exact) mass is 436 g/mol. The van der Waals surface area contributed by atoms with Gasteiger partial charge in [0.2, 0.25) is 10.0 Å². The van der Waals surface area contributed by atoms with Gasteiger partial charge in [-0.05, 0) is 49.6 Å². The first-order chi connectivity index (χ1) is 13.3. The van der Waals surface area contributed by atoms with Crippen LogP contribution in [0.2, 0.25) is 0 Å². The lowest BCUT2D eigenvalue weighted by Crippen LogP contribution is -2.15. The molecule has 28 heavy (non-hydrogen) atoms. The molecule has 1 N–H and O–H groups in total. The standard InChI is InChI=1S/C18H20N4O3S3/c1-4-22-17(15-6-5-11-26-15)19-20-18(22)27-12(2)16(23)13-7-9-14(10-8-13)21-28(3,24)25/h5-12,21H,4H2,1-3H3/t12-/m1/s1. The Hall–Kier alpha value is -2.17. The highest BCUT2D eigenvalue weighted by Gasteiger charge is 2.21. The summed E-state index contributed by atoms with van der Waals surface area (Å²) < 4.78 is 26.9. The first-order valence-corrected chi connectivity index (χ1v) is 12.2. The number of benzene rings is 1. The van der Waals surface area contributed by atoms with Crippen molar-refractivity contribution < 1.29 is 13.2 Å². The quantitative estimate of drug-likeness (QED) is 0.427. The van der Waals surface area contributed by atoms with E-state index in [1.54, 1.807) is 35.6 Å². The van der Waals surface area contributed by atoms with Gasteiger partial charge in [-0.25, -0.2) is 8.42 Å². The van der Waals surface area contributed by atoms with Gasteiger partial charge in [-0.2, -0.15) is 0 Å². The van der Waals surface area contributed by atoms with Gasteiger partial charge in [0.05, 0.1) is 16.4 Å². The molecule has 7 nitrogen and oxygen atoms in total. The molecule has 0 unspecified atom stereocenters. The molecule has 0 amide bonds. The third-order valence-corrected chi connectivity index (χ3v) is 6.45. The normalized spacial score (nSPS) is 12.7. The van der Waals surface area contributed by atoms with Gasteiger partial charge in [-0.15, -0.1) is 21.5 Å². The van der Waals surface area contributed by atoms with Crippen molar-refractivity contribution in [2.75, 3.05) is 11.0 Å². The average Bonchev–Trinajstić information content (AvgIpc) is 3.29. The molecule has 148 valence electrons. The van der Waals surface area contributed by atoms with E-state index in [4.69, 9.17) is 0 Å². The number of hydrogen-bond acceptors (Lipinski definition) is 7. The first-order valence-electron chi connectivity index (χ1n) is 8.54. The van der Waals surface area contributed by atoms with E-state index in [0.29, 0.717) is 23.0 Å². The number of aromatic nitrogens is 3. The van der Waals surface area contributed by atoms with Gasteiger partial charge in [0.15, 0.2) is 16.8 Å². The van der Waals surface area contributed by atoms with Crippen LogP contribution in [0.25, 0.3) is 10.7 Å². The fourth-order valence-electron chi connectivity index (χ4n) is 2.61. The summed E-state index contributed by atoms with van der Waals surface area (Å²) >= 11 is 2.96. The zero-order valence-electron chi connectivity index (χ0n) is 15.6. The molecule has 0 fully saturated rings. The zero-order valence-corrected chi connectivity index (χ0v) is 18.1. The number of rotatable bonds is 8. The van der Waals surface area contributed by atoms with Crippen LogP contribution in [0, 0.1) is 0 Å². The van der Waals surface area contributed by atoms with E-state index < -0.39 is 10.0 Å². The van der Waals surface area contributed by atoms with Crippen LogP contribution in [0.4, 0.5) is 5.69 Å². The summed E-state index contributed by atoms with van der Waals surface area (Å²) in [6.45, 7) is 4.55. The summed E-state index contributed by atoms with van der Waals surface area (Å²) in [5.74, 6) is 0.745. The van der Waals surface area contributed by atoms with Gasteiger partial charge in [0.1, 0.15) is 0 Å². The maximum absolute atomic E-state index is 12.8. The highest BCUT2D eigenvalue weighted by Crippen LogP contribution is 2.30. The lowest BCUT2D eigenvalue weighted by atomic mass is 10.1. The Kier molecular flexibility index (Phi) is 6.21. The van der Waals surface area contributed by atoms with Crippen LogP contribution >= 0.6 is 23.1 Å². The second-order valence-corrected chi connectivity index (χ2v) is 10.1. The molecule has 1 atom stereocenters. The molecule has 0 radical (unpaired) electrons. The molecule has 3 aromatic rings. The minimum Gasteiger partial charge on any atom is -0.302 e. The summed E-state index contributed by atoms with van der Waals surface area (Å²) in [4.78, 5) is 13.8. The number of sulfonamides is 1.